The van der Waals surface area contributed by atoms with E-state index in [1.165, 1.54) is 0 Å². The molecule has 6 heteroatoms. The molecule has 22 heavy (non-hydrogen) atoms. The van der Waals surface area contributed by atoms with E-state index in [4.69, 9.17) is 0 Å². The lowest BCUT2D eigenvalue weighted by molar-refractivity contribution is 0.0940. The Balaban J connectivity index is 2.04. The molecule has 0 saturated carbocycles. The Kier molecular flexibility index (Phi) is 4.82. The van der Waals surface area contributed by atoms with Crippen molar-refractivity contribution in [3.63, 3.8) is 0 Å². The monoisotopic (exact) mass is 318 g/mol. The Labute approximate surface area is 130 Å². The van der Waals surface area contributed by atoms with Crippen molar-refractivity contribution in [3.8, 4) is 0 Å². The second kappa shape index (κ2) is 6.62. The Morgan fingerprint density at radius 3 is 2.14 bits per heavy atom. The lowest BCUT2D eigenvalue weighted by Crippen LogP contribution is -2.26. The van der Waals surface area contributed by atoms with Crippen molar-refractivity contribution in [2.75, 3.05) is 11.0 Å². The predicted octanol–water partition coefficient (Wildman–Crippen LogP) is 2.55. The number of rotatable bonds is 5. The van der Waals surface area contributed by atoms with E-state index < -0.39 is 10.0 Å². The van der Waals surface area contributed by atoms with Crippen LogP contribution in [0.3, 0.4) is 0 Å². The second-order valence-electron chi connectivity index (χ2n) is 5.06. The second-order valence-corrected chi connectivity index (χ2v) is 6.81. The number of sulfonamides is 1. The maximum Gasteiger partial charge on any atom is 0.251 e. The highest BCUT2D eigenvalue weighted by Gasteiger charge is 2.11. The van der Waals surface area contributed by atoms with Gasteiger partial charge in [-0.05, 0) is 36.8 Å². The van der Waals surface area contributed by atoms with Gasteiger partial charge in [0.05, 0.1) is 12.3 Å². The molecule has 2 aromatic rings. The molecule has 0 fully saturated rings. The Hall–Kier alpha value is -2.34. The average Bonchev–Trinajstić information content (AvgIpc) is 2.47. The number of hydrogen-bond acceptors (Lipinski definition) is 3. The lowest BCUT2D eigenvalue weighted by Gasteiger charge is -2.14. The lowest BCUT2D eigenvalue weighted by atomic mass is 10.1. The van der Waals surface area contributed by atoms with Crippen molar-refractivity contribution in [3.05, 3.63) is 65.7 Å². The van der Waals surface area contributed by atoms with Gasteiger partial charge in [-0.2, -0.15) is 0 Å². The van der Waals surface area contributed by atoms with E-state index in [1.54, 1.807) is 24.3 Å². The highest BCUT2D eigenvalue weighted by atomic mass is 32.2. The zero-order valence-electron chi connectivity index (χ0n) is 12.4. The third-order valence-corrected chi connectivity index (χ3v) is 3.70. The minimum atomic E-state index is -3.32. The number of carbonyl (C=O) groups excluding carboxylic acids is 1. The van der Waals surface area contributed by atoms with E-state index in [0.29, 0.717) is 11.3 Å². The van der Waals surface area contributed by atoms with Crippen LogP contribution in [0.4, 0.5) is 5.69 Å². The van der Waals surface area contributed by atoms with E-state index in [1.807, 2.05) is 37.3 Å². The Bertz CT molecular complexity index is 741. The fourth-order valence-electron chi connectivity index (χ4n) is 2.01. The molecule has 0 aliphatic rings. The Morgan fingerprint density at radius 1 is 1.00 bits per heavy atom. The van der Waals surface area contributed by atoms with Crippen LogP contribution >= 0.6 is 0 Å². The summed E-state index contributed by atoms with van der Waals surface area (Å²) in [6.45, 7) is 1.91. The summed E-state index contributed by atoms with van der Waals surface area (Å²) in [5.74, 6) is -0.206. The molecule has 0 unspecified atom stereocenters. The van der Waals surface area contributed by atoms with Gasteiger partial charge >= 0.3 is 0 Å². The van der Waals surface area contributed by atoms with Gasteiger partial charge in [-0.15, -0.1) is 0 Å². The summed E-state index contributed by atoms with van der Waals surface area (Å²) in [5, 5.41) is 2.90. The van der Waals surface area contributed by atoms with Gasteiger partial charge < -0.3 is 5.32 Å². The third-order valence-electron chi connectivity index (χ3n) is 3.10. The normalized spacial score (nSPS) is 12.5. The van der Waals surface area contributed by atoms with E-state index in [-0.39, 0.29) is 11.9 Å². The zero-order chi connectivity index (χ0) is 16.2. The van der Waals surface area contributed by atoms with Crippen LogP contribution in [0.2, 0.25) is 0 Å². The van der Waals surface area contributed by atoms with Crippen LogP contribution in [-0.4, -0.2) is 20.6 Å². The average molecular weight is 318 g/mol. The standard InChI is InChI=1S/C16H18N2O3S/c1-12(13-6-4-3-5-7-13)17-16(19)14-8-10-15(11-9-14)18-22(2,20)21/h3-12,18H,1-2H3,(H,17,19)/t12-/m0/s1. The topological polar surface area (TPSA) is 75.3 Å². The first-order valence-electron chi connectivity index (χ1n) is 6.79. The molecule has 1 atom stereocenters. The molecule has 0 aliphatic carbocycles. The fourth-order valence-corrected chi connectivity index (χ4v) is 2.57. The first kappa shape index (κ1) is 16.0. The molecule has 0 aliphatic heterocycles. The molecule has 0 spiro atoms. The van der Waals surface area contributed by atoms with Gasteiger partial charge in [0.1, 0.15) is 0 Å². The SMILES string of the molecule is C[C@H](NC(=O)c1ccc(NS(C)(=O)=O)cc1)c1ccccc1. The van der Waals surface area contributed by atoms with E-state index in [2.05, 4.69) is 10.0 Å². The largest absolute Gasteiger partial charge is 0.346 e. The van der Waals surface area contributed by atoms with Crippen LogP contribution < -0.4 is 10.0 Å². The van der Waals surface area contributed by atoms with Gasteiger partial charge in [-0.25, -0.2) is 8.42 Å². The van der Waals surface area contributed by atoms with Gasteiger partial charge in [0.25, 0.3) is 5.91 Å². The van der Waals surface area contributed by atoms with Crippen molar-refractivity contribution in [1.29, 1.82) is 0 Å². The highest BCUT2D eigenvalue weighted by molar-refractivity contribution is 7.92. The molecule has 1 amide bonds. The summed E-state index contributed by atoms with van der Waals surface area (Å²) in [6, 6.07) is 15.8. The van der Waals surface area contributed by atoms with E-state index in [0.717, 1.165) is 11.8 Å². The van der Waals surface area contributed by atoms with Crippen molar-refractivity contribution in [2.24, 2.45) is 0 Å². The number of benzene rings is 2. The summed E-state index contributed by atoms with van der Waals surface area (Å²) in [4.78, 5) is 12.2. The third kappa shape index (κ3) is 4.60. The summed E-state index contributed by atoms with van der Waals surface area (Å²) in [7, 11) is -3.32. The quantitative estimate of drug-likeness (QED) is 0.889. The van der Waals surface area contributed by atoms with Crippen molar-refractivity contribution in [2.45, 2.75) is 13.0 Å². The molecule has 5 nitrogen and oxygen atoms in total. The van der Waals surface area contributed by atoms with Crippen molar-refractivity contribution in [1.82, 2.24) is 5.32 Å². The summed E-state index contributed by atoms with van der Waals surface area (Å²) in [5.41, 5.74) is 1.92. The van der Waals surface area contributed by atoms with Crippen molar-refractivity contribution < 1.29 is 13.2 Å². The van der Waals surface area contributed by atoms with E-state index in [9.17, 15) is 13.2 Å². The first-order valence-corrected chi connectivity index (χ1v) is 8.68. The highest BCUT2D eigenvalue weighted by Crippen LogP contribution is 2.14. The maximum atomic E-state index is 12.2. The number of anilines is 1. The maximum absolute atomic E-state index is 12.2. The number of hydrogen-bond donors (Lipinski definition) is 2. The van der Waals surface area contributed by atoms with Crippen LogP contribution in [0.5, 0.6) is 0 Å². The summed E-state index contributed by atoms with van der Waals surface area (Å²) in [6.07, 6.45) is 1.08. The van der Waals surface area contributed by atoms with Crippen LogP contribution in [0.1, 0.15) is 28.9 Å². The number of carbonyl (C=O) groups is 1. The summed E-state index contributed by atoms with van der Waals surface area (Å²) >= 11 is 0. The van der Waals surface area contributed by atoms with Gasteiger partial charge in [-0.1, -0.05) is 30.3 Å². The van der Waals surface area contributed by atoms with Crippen LogP contribution in [0.15, 0.2) is 54.6 Å². The first-order chi connectivity index (χ1) is 10.3. The predicted molar refractivity (Wildman–Crippen MR) is 87.2 cm³/mol. The van der Waals surface area contributed by atoms with Gasteiger partial charge in [0, 0.05) is 11.3 Å². The van der Waals surface area contributed by atoms with E-state index >= 15 is 0 Å². The van der Waals surface area contributed by atoms with Gasteiger partial charge in [0.2, 0.25) is 10.0 Å². The number of nitrogens with one attached hydrogen (secondary N) is 2. The van der Waals surface area contributed by atoms with Gasteiger partial charge in [-0.3, -0.25) is 9.52 Å². The Morgan fingerprint density at radius 2 is 1.59 bits per heavy atom. The molecule has 0 aromatic heterocycles. The van der Waals surface area contributed by atoms with Crippen LogP contribution in [0, 0.1) is 0 Å². The molecule has 0 saturated heterocycles. The number of amides is 1. The van der Waals surface area contributed by atoms with Crippen LogP contribution in [0.25, 0.3) is 0 Å². The minimum Gasteiger partial charge on any atom is -0.346 e. The zero-order valence-corrected chi connectivity index (χ0v) is 13.2. The van der Waals surface area contributed by atoms with Crippen LogP contribution in [-0.2, 0) is 10.0 Å². The molecular weight excluding hydrogens is 300 g/mol. The molecule has 0 heterocycles. The molecule has 0 radical (unpaired) electrons. The molecule has 0 bridgehead atoms. The summed E-state index contributed by atoms with van der Waals surface area (Å²) < 4.78 is 24.6. The molecular formula is C16H18N2O3S. The molecule has 2 aromatic carbocycles. The minimum absolute atomic E-state index is 0.109. The molecule has 2 rings (SSSR count). The van der Waals surface area contributed by atoms with Crippen molar-refractivity contribution >= 4 is 21.6 Å². The van der Waals surface area contributed by atoms with Gasteiger partial charge in [0.15, 0.2) is 0 Å². The molecule has 2 N–H and O–H groups in total. The fraction of sp³-hybridized carbons (Fsp3) is 0.188. The smallest absolute Gasteiger partial charge is 0.251 e. The molecule has 116 valence electrons.